The van der Waals surface area contributed by atoms with E-state index in [9.17, 15) is 14.4 Å². The number of para-hydroxylation sites is 1. The van der Waals surface area contributed by atoms with Gasteiger partial charge in [0.05, 0.1) is 18.5 Å². The van der Waals surface area contributed by atoms with Crippen molar-refractivity contribution in [1.82, 2.24) is 0 Å². The van der Waals surface area contributed by atoms with Crippen LogP contribution in [0.4, 0.5) is 11.4 Å². The van der Waals surface area contributed by atoms with Crippen molar-refractivity contribution in [3.63, 3.8) is 0 Å². The van der Waals surface area contributed by atoms with Gasteiger partial charge >= 0.3 is 5.97 Å². The number of methoxy groups -OCH3 is 1. The first-order valence-electron chi connectivity index (χ1n) is 8.59. The maximum absolute atomic E-state index is 13.2. The fourth-order valence-corrected chi connectivity index (χ4v) is 3.68. The van der Waals surface area contributed by atoms with Crippen LogP contribution in [-0.2, 0) is 19.1 Å². The van der Waals surface area contributed by atoms with E-state index in [1.165, 1.54) is 12.1 Å². The number of imide groups is 1. The summed E-state index contributed by atoms with van der Waals surface area (Å²) >= 11 is 5.91. The molecule has 4 rings (SSSR count). The zero-order chi connectivity index (χ0) is 20.0. The molecule has 7 nitrogen and oxygen atoms in total. The molecule has 2 aromatic rings. The lowest BCUT2D eigenvalue weighted by molar-refractivity contribution is -0.133. The van der Waals surface area contributed by atoms with Crippen LogP contribution in [0.15, 0.2) is 53.6 Å². The smallest absolute Gasteiger partial charge is 0.355 e. The summed E-state index contributed by atoms with van der Waals surface area (Å²) in [5, 5.41) is 6.24. The number of hydrogen-bond acceptors (Lipinski definition) is 6. The fourth-order valence-electron chi connectivity index (χ4n) is 3.55. The molecule has 28 heavy (non-hydrogen) atoms. The third kappa shape index (κ3) is 2.66. The summed E-state index contributed by atoms with van der Waals surface area (Å²) in [6.45, 7) is 1.87. The molecule has 0 aliphatic carbocycles. The molecule has 142 valence electrons. The Bertz CT molecular complexity index is 1020. The number of rotatable bonds is 3. The normalized spacial score (nSPS) is 21.0. The topological polar surface area (TPSA) is 79.3 Å². The molecular formula is C20H16ClN3O4. The van der Waals surface area contributed by atoms with Gasteiger partial charge in [-0.15, -0.1) is 0 Å². The number of hydrogen-bond donors (Lipinski definition) is 0. The summed E-state index contributed by atoms with van der Waals surface area (Å²) in [6, 6.07) is 12.8. The van der Waals surface area contributed by atoms with Crippen molar-refractivity contribution in [2.45, 2.75) is 13.0 Å². The Labute approximate surface area is 166 Å². The highest BCUT2D eigenvalue weighted by molar-refractivity contribution is 6.47. The zero-order valence-electron chi connectivity index (χ0n) is 15.1. The van der Waals surface area contributed by atoms with E-state index in [1.807, 2.05) is 19.1 Å². The SMILES string of the molecule is COC(=O)C1=NN(c2ccccc2C)[C@H]2C(=O)N(c3ccc(Cl)cc3)C(=O)[C@H]12. The summed E-state index contributed by atoms with van der Waals surface area (Å²) in [6.07, 6.45) is 0. The minimum atomic E-state index is -1.03. The predicted octanol–water partition coefficient (Wildman–Crippen LogP) is 2.56. The number of nitrogens with zero attached hydrogens (tertiary/aromatic N) is 3. The standard InChI is InChI=1S/C20H16ClN3O4/c1-11-5-3-4-6-14(11)24-17-15(16(22-24)20(27)28-2)18(25)23(19(17)26)13-9-7-12(21)8-10-13/h3-10,15,17H,1-2H3/t15-,17-/m1/s1. The van der Waals surface area contributed by atoms with Gasteiger partial charge in [0.1, 0.15) is 12.0 Å². The Balaban J connectivity index is 1.82. The summed E-state index contributed by atoms with van der Waals surface area (Å²) in [4.78, 5) is 39.7. The molecule has 8 heteroatoms. The van der Waals surface area contributed by atoms with Gasteiger partial charge in [0.2, 0.25) is 5.91 Å². The summed E-state index contributed by atoms with van der Waals surface area (Å²) in [7, 11) is 1.22. The van der Waals surface area contributed by atoms with Gasteiger partial charge in [0.25, 0.3) is 5.91 Å². The molecule has 2 aliphatic heterocycles. The van der Waals surface area contributed by atoms with Gasteiger partial charge in [0.15, 0.2) is 5.71 Å². The Hall–Kier alpha value is -3.19. The molecule has 0 spiro atoms. The average Bonchev–Trinajstić information content (AvgIpc) is 3.20. The first kappa shape index (κ1) is 18.2. The maximum atomic E-state index is 13.2. The Morgan fingerprint density at radius 3 is 2.39 bits per heavy atom. The summed E-state index contributed by atoms with van der Waals surface area (Å²) in [5.41, 5.74) is 1.82. The van der Waals surface area contributed by atoms with E-state index in [0.717, 1.165) is 10.5 Å². The third-order valence-electron chi connectivity index (χ3n) is 4.89. The molecule has 0 unspecified atom stereocenters. The monoisotopic (exact) mass is 397 g/mol. The number of anilines is 2. The average molecular weight is 398 g/mol. The van der Waals surface area contributed by atoms with E-state index in [0.29, 0.717) is 16.4 Å². The molecule has 0 saturated carbocycles. The largest absolute Gasteiger partial charge is 0.464 e. The first-order chi connectivity index (χ1) is 13.4. The maximum Gasteiger partial charge on any atom is 0.355 e. The molecule has 0 bridgehead atoms. The van der Waals surface area contributed by atoms with Gasteiger partial charge in [0, 0.05) is 5.02 Å². The van der Waals surface area contributed by atoms with E-state index in [1.54, 1.807) is 36.4 Å². The van der Waals surface area contributed by atoms with E-state index in [4.69, 9.17) is 16.3 Å². The Morgan fingerprint density at radius 2 is 1.75 bits per heavy atom. The van der Waals surface area contributed by atoms with E-state index in [2.05, 4.69) is 5.10 Å². The van der Waals surface area contributed by atoms with Gasteiger partial charge in [-0.05, 0) is 42.8 Å². The molecular weight excluding hydrogens is 382 g/mol. The van der Waals surface area contributed by atoms with Crippen molar-refractivity contribution in [3.05, 3.63) is 59.1 Å². The second kappa shape index (κ2) is 6.76. The van der Waals surface area contributed by atoms with Crippen LogP contribution in [0, 0.1) is 12.8 Å². The van der Waals surface area contributed by atoms with Crippen LogP contribution < -0.4 is 9.91 Å². The number of amides is 2. The second-order valence-corrected chi connectivity index (χ2v) is 6.96. The number of hydrazone groups is 1. The molecule has 0 N–H and O–H groups in total. The minimum Gasteiger partial charge on any atom is -0.464 e. The van der Waals surface area contributed by atoms with Gasteiger partial charge in [-0.1, -0.05) is 29.8 Å². The Kier molecular flexibility index (Phi) is 4.39. The first-order valence-corrected chi connectivity index (χ1v) is 8.97. The van der Waals surface area contributed by atoms with Crippen LogP contribution in [0.2, 0.25) is 5.02 Å². The third-order valence-corrected chi connectivity index (χ3v) is 5.14. The van der Waals surface area contributed by atoms with E-state index < -0.39 is 29.7 Å². The molecule has 2 aromatic carbocycles. The fraction of sp³-hybridized carbons (Fsp3) is 0.200. The van der Waals surface area contributed by atoms with Crippen molar-refractivity contribution < 1.29 is 19.1 Å². The molecule has 1 saturated heterocycles. The second-order valence-electron chi connectivity index (χ2n) is 6.52. The van der Waals surface area contributed by atoms with Gasteiger partial charge in [-0.25, -0.2) is 9.69 Å². The highest BCUT2D eigenvalue weighted by Gasteiger charge is 2.59. The van der Waals surface area contributed by atoms with Crippen molar-refractivity contribution in [2.24, 2.45) is 11.0 Å². The zero-order valence-corrected chi connectivity index (χ0v) is 15.9. The van der Waals surface area contributed by atoms with E-state index >= 15 is 0 Å². The van der Waals surface area contributed by atoms with Gasteiger partial charge < -0.3 is 4.74 Å². The Morgan fingerprint density at radius 1 is 1.07 bits per heavy atom. The number of esters is 1. The lowest BCUT2D eigenvalue weighted by Gasteiger charge is -2.23. The highest BCUT2D eigenvalue weighted by Crippen LogP contribution is 2.39. The van der Waals surface area contributed by atoms with Crippen LogP contribution in [0.3, 0.4) is 0 Å². The number of halogens is 1. The number of fused-ring (bicyclic) bond motifs is 1. The lowest BCUT2D eigenvalue weighted by Crippen LogP contribution is -2.39. The lowest BCUT2D eigenvalue weighted by atomic mass is 9.97. The van der Waals surface area contributed by atoms with Gasteiger partial charge in [-0.2, -0.15) is 5.10 Å². The predicted molar refractivity (Wildman–Crippen MR) is 104 cm³/mol. The van der Waals surface area contributed by atoms with Crippen LogP contribution >= 0.6 is 11.6 Å². The number of ether oxygens (including phenoxy) is 1. The van der Waals surface area contributed by atoms with Gasteiger partial charge in [-0.3, -0.25) is 14.6 Å². The van der Waals surface area contributed by atoms with Crippen molar-refractivity contribution >= 4 is 46.5 Å². The minimum absolute atomic E-state index is 0.0782. The van der Waals surface area contributed by atoms with E-state index in [-0.39, 0.29) is 5.71 Å². The van der Waals surface area contributed by atoms with Crippen LogP contribution in [0.5, 0.6) is 0 Å². The molecule has 2 heterocycles. The van der Waals surface area contributed by atoms with Crippen molar-refractivity contribution in [2.75, 3.05) is 17.0 Å². The molecule has 2 aliphatic rings. The number of carbonyl (C=O) groups is 3. The molecule has 2 atom stereocenters. The molecule has 0 aromatic heterocycles. The van der Waals surface area contributed by atoms with Crippen molar-refractivity contribution in [1.29, 1.82) is 0 Å². The van der Waals surface area contributed by atoms with Crippen LogP contribution in [0.25, 0.3) is 0 Å². The molecule has 0 radical (unpaired) electrons. The number of aryl methyl sites for hydroxylation is 1. The summed E-state index contributed by atoms with van der Waals surface area (Å²) < 4.78 is 4.80. The van der Waals surface area contributed by atoms with Crippen molar-refractivity contribution in [3.8, 4) is 0 Å². The highest BCUT2D eigenvalue weighted by atomic mass is 35.5. The number of benzene rings is 2. The quantitative estimate of drug-likeness (QED) is 0.587. The summed E-state index contributed by atoms with van der Waals surface area (Å²) in [5.74, 6) is -2.73. The van der Waals surface area contributed by atoms with Crippen LogP contribution in [-0.4, -0.2) is 36.6 Å². The number of carbonyl (C=O) groups excluding carboxylic acids is 3. The van der Waals surface area contributed by atoms with Crippen LogP contribution in [0.1, 0.15) is 5.56 Å². The molecule has 2 amide bonds. The molecule has 1 fully saturated rings.